The zero-order valence-electron chi connectivity index (χ0n) is 13.5. The van der Waals surface area contributed by atoms with E-state index >= 15 is 0 Å². The molecule has 1 heteroatoms. The third-order valence-electron chi connectivity index (χ3n) is 4.24. The van der Waals surface area contributed by atoms with Crippen molar-refractivity contribution in [2.45, 2.75) is 78.6 Å². The Balaban J connectivity index is 2.14. The van der Waals surface area contributed by atoms with E-state index in [1.165, 1.54) is 66.0 Å². The van der Waals surface area contributed by atoms with E-state index in [2.05, 4.69) is 32.9 Å². The molecule has 0 aromatic carbocycles. The van der Waals surface area contributed by atoms with Crippen molar-refractivity contribution < 1.29 is 0 Å². The van der Waals surface area contributed by atoms with Crippen molar-refractivity contribution >= 4 is 13.5 Å². The van der Waals surface area contributed by atoms with Gasteiger partial charge in [-0.2, -0.15) is 0 Å². The number of unbranched alkanes of at least 4 members (excludes halogenated alkanes) is 3. The molecule has 0 saturated heterocycles. The smallest absolute Gasteiger partial charge is 0.00987 e. The highest BCUT2D eigenvalue weighted by Crippen LogP contribution is 2.42. The van der Waals surface area contributed by atoms with Crippen LogP contribution < -0.4 is 0 Å². The van der Waals surface area contributed by atoms with Crippen LogP contribution in [0.4, 0.5) is 0 Å². The first-order valence-corrected chi connectivity index (χ1v) is 9.43. The van der Waals surface area contributed by atoms with Gasteiger partial charge in [-0.3, -0.25) is 0 Å². The van der Waals surface area contributed by atoms with Crippen molar-refractivity contribution in [3.63, 3.8) is 0 Å². The highest BCUT2D eigenvalue weighted by atomic mass is 31.1. The molecule has 0 radical (unpaired) electrons. The minimum atomic E-state index is 1.29. The third kappa shape index (κ3) is 3.73. The van der Waals surface area contributed by atoms with E-state index in [-0.39, 0.29) is 0 Å². The average molecular weight is 288 g/mol. The number of rotatable bonds is 9. The van der Waals surface area contributed by atoms with Crippen molar-refractivity contribution in [1.82, 2.24) is 0 Å². The summed E-state index contributed by atoms with van der Waals surface area (Å²) in [7, 11) is 1.50. The van der Waals surface area contributed by atoms with Gasteiger partial charge in [-0.1, -0.05) is 48.2 Å². The van der Waals surface area contributed by atoms with Crippen molar-refractivity contribution in [2.24, 2.45) is 0 Å². The van der Waals surface area contributed by atoms with Gasteiger partial charge in [0.25, 0.3) is 0 Å². The Hall–Kier alpha value is -0.610. The lowest BCUT2D eigenvalue weighted by Crippen LogP contribution is -1.91. The first-order chi connectivity index (χ1) is 9.80. The van der Waals surface area contributed by atoms with Gasteiger partial charge in [0.2, 0.25) is 0 Å². The highest BCUT2D eigenvalue weighted by Gasteiger charge is 2.23. The molecule has 0 unspecified atom stereocenters. The van der Waals surface area contributed by atoms with Gasteiger partial charge >= 0.3 is 0 Å². The molecule has 0 atom stereocenters. The lowest BCUT2D eigenvalue weighted by Gasteiger charge is -2.09. The van der Waals surface area contributed by atoms with Crippen molar-refractivity contribution in [3.05, 3.63) is 34.2 Å². The van der Waals surface area contributed by atoms with Crippen LogP contribution in [0.25, 0.3) is 0 Å². The molecular formula is C19H29P. The van der Waals surface area contributed by atoms with Crippen LogP contribution in [0.3, 0.4) is 0 Å². The Morgan fingerprint density at radius 1 is 0.800 bits per heavy atom. The van der Waals surface area contributed by atoms with Gasteiger partial charge in [0.05, 0.1) is 0 Å². The van der Waals surface area contributed by atoms with E-state index < -0.39 is 0 Å². The number of hydrogen-bond acceptors (Lipinski definition) is 0. The maximum absolute atomic E-state index is 2.52. The highest BCUT2D eigenvalue weighted by molar-refractivity contribution is 7.47. The van der Waals surface area contributed by atoms with E-state index in [4.69, 9.17) is 0 Å². The van der Waals surface area contributed by atoms with Crippen molar-refractivity contribution in [2.75, 3.05) is 0 Å². The largest absolute Gasteiger partial charge is 0.0654 e. The zero-order valence-corrected chi connectivity index (χ0v) is 14.4. The fraction of sp³-hybridized carbons (Fsp3) is 0.632. The molecule has 0 saturated carbocycles. The van der Waals surface area contributed by atoms with E-state index in [1.54, 1.807) is 27.3 Å². The van der Waals surface area contributed by atoms with Gasteiger partial charge in [-0.05, 0) is 72.7 Å². The monoisotopic (exact) mass is 288 g/mol. The van der Waals surface area contributed by atoms with Gasteiger partial charge < -0.3 is 0 Å². The SMILES string of the molecule is CCCCC1=CC2=C(CCCC)C(CCCC)=CC2=P1. The summed E-state index contributed by atoms with van der Waals surface area (Å²) in [5, 5.41) is 3.25. The summed E-state index contributed by atoms with van der Waals surface area (Å²) in [5.74, 6) is 0. The molecule has 1 aliphatic heterocycles. The van der Waals surface area contributed by atoms with Crippen LogP contribution in [0.2, 0.25) is 0 Å². The molecule has 1 aliphatic carbocycles. The Kier molecular flexibility index (Phi) is 6.30. The summed E-state index contributed by atoms with van der Waals surface area (Å²) in [6, 6.07) is 0. The lowest BCUT2D eigenvalue weighted by atomic mass is 9.96. The molecule has 0 nitrogen and oxygen atoms in total. The molecule has 110 valence electrons. The van der Waals surface area contributed by atoms with Crippen LogP contribution in [0.15, 0.2) is 34.2 Å². The van der Waals surface area contributed by atoms with Crippen LogP contribution in [0.1, 0.15) is 78.6 Å². The molecule has 0 bridgehead atoms. The fourth-order valence-electron chi connectivity index (χ4n) is 2.99. The molecule has 0 spiro atoms. The number of fused-ring (bicyclic) bond motifs is 1. The van der Waals surface area contributed by atoms with Crippen LogP contribution in [0.5, 0.6) is 0 Å². The maximum atomic E-state index is 2.52. The second-order valence-corrected chi connectivity index (χ2v) is 7.29. The van der Waals surface area contributed by atoms with Crippen LogP contribution in [-0.2, 0) is 0 Å². The quantitative estimate of drug-likeness (QED) is 0.409. The van der Waals surface area contributed by atoms with Gasteiger partial charge in [0.1, 0.15) is 0 Å². The molecule has 2 rings (SSSR count). The summed E-state index contributed by atoms with van der Waals surface area (Å²) in [5.41, 5.74) is 4.95. The van der Waals surface area contributed by atoms with E-state index in [0.29, 0.717) is 0 Å². The van der Waals surface area contributed by atoms with Crippen molar-refractivity contribution in [1.29, 1.82) is 0 Å². The fourth-order valence-corrected chi connectivity index (χ4v) is 4.30. The first kappa shape index (κ1) is 15.8. The van der Waals surface area contributed by atoms with E-state index in [1.807, 2.05) is 0 Å². The molecule has 2 aliphatic rings. The number of hydrogen-bond donors (Lipinski definition) is 0. The second-order valence-electron chi connectivity index (χ2n) is 6.01. The predicted molar refractivity (Wildman–Crippen MR) is 93.7 cm³/mol. The Morgan fingerprint density at radius 2 is 1.45 bits per heavy atom. The second kappa shape index (κ2) is 7.99. The minimum absolute atomic E-state index is 1.29. The van der Waals surface area contributed by atoms with Crippen LogP contribution in [0, 0.1) is 0 Å². The molecule has 0 aromatic heterocycles. The molecule has 1 heterocycles. The molecule has 0 aromatic rings. The molecule has 20 heavy (non-hydrogen) atoms. The minimum Gasteiger partial charge on any atom is -0.0654 e. The van der Waals surface area contributed by atoms with Gasteiger partial charge in [-0.25, -0.2) is 0 Å². The van der Waals surface area contributed by atoms with Crippen LogP contribution >= 0.6 is 8.20 Å². The van der Waals surface area contributed by atoms with Crippen molar-refractivity contribution in [3.8, 4) is 0 Å². The topological polar surface area (TPSA) is 0 Å². The summed E-state index contributed by atoms with van der Waals surface area (Å²) >= 11 is 0. The standard InChI is InChI=1S/C19H29P/c1-4-7-10-15-13-19-18(17(15)12-9-6-3)14-16(20-19)11-8-5-2/h13-14H,4-12H2,1-3H3. The Morgan fingerprint density at radius 3 is 2.15 bits per heavy atom. The Labute approximate surface area is 126 Å². The Bertz CT molecular complexity index is 460. The zero-order chi connectivity index (χ0) is 14.4. The van der Waals surface area contributed by atoms with Crippen LogP contribution in [-0.4, -0.2) is 5.29 Å². The molecule has 0 amide bonds. The number of allylic oxidation sites excluding steroid dienone is 6. The normalized spacial score (nSPS) is 18.1. The van der Waals surface area contributed by atoms with E-state index in [9.17, 15) is 0 Å². The first-order valence-electron chi connectivity index (χ1n) is 8.53. The van der Waals surface area contributed by atoms with E-state index in [0.717, 1.165) is 0 Å². The average Bonchev–Trinajstić information content (AvgIpc) is 2.98. The summed E-state index contributed by atoms with van der Waals surface area (Å²) in [4.78, 5) is 0. The summed E-state index contributed by atoms with van der Waals surface area (Å²) < 4.78 is 0. The predicted octanol–water partition coefficient (Wildman–Crippen LogP) is 6.81. The van der Waals surface area contributed by atoms with Gasteiger partial charge in [0.15, 0.2) is 0 Å². The third-order valence-corrected chi connectivity index (χ3v) is 5.49. The van der Waals surface area contributed by atoms with Gasteiger partial charge in [0, 0.05) is 5.29 Å². The van der Waals surface area contributed by atoms with Gasteiger partial charge in [-0.15, -0.1) is 0 Å². The maximum Gasteiger partial charge on any atom is 0.00987 e. The molecule has 0 fully saturated rings. The molecule has 0 N–H and O–H groups in total. The molecular weight excluding hydrogens is 259 g/mol. The summed E-state index contributed by atoms with van der Waals surface area (Å²) in [6.45, 7) is 6.88. The lowest BCUT2D eigenvalue weighted by molar-refractivity contribution is 0.754. The summed E-state index contributed by atoms with van der Waals surface area (Å²) in [6.07, 6.45) is 16.8.